The SMILES string of the molecule is CC(C)Cc1ccc(C(C)C)cc1.O=CO. The van der Waals surface area contributed by atoms with Gasteiger partial charge in [0.15, 0.2) is 0 Å². The molecule has 0 aliphatic rings. The maximum atomic E-state index is 8.36. The van der Waals surface area contributed by atoms with Crippen molar-refractivity contribution in [2.24, 2.45) is 5.92 Å². The number of hydrogen-bond donors (Lipinski definition) is 1. The number of hydrogen-bond acceptors (Lipinski definition) is 1. The van der Waals surface area contributed by atoms with Crippen LogP contribution in [0.2, 0.25) is 0 Å². The third kappa shape index (κ3) is 6.23. The Kier molecular flexibility index (Phi) is 7.27. The van der Waals surface area contributed by atoms with E-state index >= 15 is 0 Å². The van der Waals surface area contributed by atoms with E-state index in [9.17, 15) is 0 Å². The van der Waals surface area contributed by atoms with E-state index in [0.717, 1.165) is 5.92 Å². The number of carboxylic acid groups (broad SMARTS) is 1. The lowest BCUT2D eigenvalue weighted by Crippen LogP contribution is -1.94. The maximum Gasteiger partial charge on any atom is 0.290 e. The second-order valence-electron chi connectivity index (χ2n) is 4.60. The molecule has 0 aliphatic carbocycles. The molecule has 1 N–H and O–H groups in total. The van der Waals surface area contributed by atoms with E-state index in [4.69, 9.17) is 9.90 Å². The van der Waals surface area contributed by atoms with E-state index in [0.29, 0.717) is 5.92 Å². The fourth-order valence-corrected chi connectivity index (χ4v) is 1.51. The fraction of sp³-hybridized carbons (Fsp3) is 0.500. The van der Waals surface area contributed by atoms with Gasteiger partial charge in [-0.15, -0.1) is 0 Å². The quantitative estimate of drug-likeness (QED) is 0.791. The van der Waals surface area contributed by atoms with Crippen LogP contribution in [-0.2, 0) is 11.2 Å². The monoisotopic (exact) mass is 222 g/mol. The van der Waals surface area contributed by atoms with Crippen LogP contribution in [0.1, 0.15) is 44.7 Å². The highest BCUT2D eigenvalue weighted by atomic mass is 16.3. The summed E-state index contributed by atoms with van der Waals surface area (Å²) in [7, 11) is 0. The van der Waals surface area contributed by atoms with Gasteiger partial charge in [0.05, 0.1) is 0 Å². The number of carbonyl (C=O) groups is 1. The lowest BCUT2D eigenvalue weighted by atomic mass is 9.98. The van der Waals surface area contributed by atoms with E-state index < -0.39 is 0 Å². The zero-order valence-electron chi connectivity index (χ0n) is 10.6. The molecule has 0 saturated carbocycles. The molecular formula is C14H22O2. The van der Waals surface area contributed by atoms with Crippen molar-refractivity contribution >= 4 is 6.47 Å². The van der Waals surface area contributed by atoms with E-state index in [1.807, 2.05) is 0 Å². The summed E-state index contributed by atoms with van der Waals surface area (Å²) in [5.74, 6) is 1.40. The Labute approximate surface area is 98.3 Å². The van der Waals surface area contributed by atoms with E-state index in [-0.39, 0.29) is 6.47 Å². The van der Waals surface area contributed by atoms with Gasteiger partial charge in [0, 0.05) is 0 Å². The highest BCUT2D eigenvalue weighted by Crippen LogP contribution is 2.16. The van der Waals surface area contributed by atoms with Crippen molar-refractivity contribution in [3.63, 3.8) is 0 Å². The van der Waals surface area contributed by atoms with Crippen molar-refractivity contribution in [2.45, 2.75) is 40.0 Å². The van der Waals surface area contributed by atoms with Crippen LogP contribution in [0.5, 0.6) is 0 Å². The smallest absolute Gasteiger partial charge is 0.290 e. The Balaban J connectivity index is 0.000000673. The summed E-state index contributed by atoms with van der Waals surface area (Å²) in [5, 5.41) is 6.89. The highest BCUT2D eigenvalue weighted by molar-refractivity contribution is 5.32. The Hall–Kier alpha value is -1.31. The van der Waals surface area contributed by atoms with Crippen molar-refractivity contribution in [2.75, 3.05) is 0 Å². The molecule has 0 heterocycles. The molecule has 0 amide bonds. The summed E-state index contributed by atoms with van der Waals surface area (Å²) >= 11 is 0. The van der Waals surface area contributed by atoms with Gasteiger partial charge in [0.1, 0.15) is 0 Å². The number of rotatable bonds is 3. The van der Waals surface area contributed by atoms with Crippen molar-refractivity contribution in [1.29, 1.82) is 0 Å². The number of benzene rings is 1. The fourth-order valence-electron chi connectivity index (χ4n) is 1.51. The second-order valence-corrected chi connectivity index (χ2v) is 4.60. The summed E-state index contributed by atoms with van der Waals surface area (Å²) in [6.07, 6.45) is 1.19. The molecule has 0 fully saturated rings. The van der Waals surface area contributed by atoms with E-state index in [1.165, 1.54) is 17.5 Å². The van der Waals surface area contributed by atoms with Gasteiger partial charge in [-0.25, -0.2) is 0 Å². The molecule has 1 aromatic carbocycles. The largest absolute Gasteiger partial charge is 0.483 e. The molecule has 16 heavy (non-hydrogen) atoms. The Bertz CT molecular complexity index is 286. The maximum absolute atomic E-state index is 8.36. The summed E-state index contributed by atoms with van der Waals surface area (Å²) in [6, 6.07) is 9.02. The third-order valence-electron chi connectivity index (χ3n) is 2.29. The predicted octanol–water partition coefficient (Wildman–Crippen LogP) is 3.71. The van der Waals surface area contributed by atoms with Crippen LogP contribution in [0.25, 0.3) is 0 Å². The Morgan fingerprint density at radius 1 is 1.12 bits per heavy atom. The standard InChI is InChI=1S/C13H20.CH2O2/c1-10(2)9-12-5-7-13(8-6-12)11(3)4;2-1-3/h5-8,10-11H,9H2,1-4H3;1H,(H,2,3). The molecule has 0 bridgehead atoms. The molecule has 2 nitrogen and oxygen atoms in total. The van der Waals surface area contributed by atoms with Crippen LogP contribution >= 0.6 is 0 Å². The van der Waals surface area contributed by atoms with Crippen molar-refractivity contribution < 1.29 is 9.90 Å². The molecule has 1 rings (SSSR count). The molecular weight excluding hydrogens is 200 g/mol. The van der Waals surface area contributed by atoms with E-state index in [1.54, 1.807) is 0 Å². The first-order valence-corrected chi connectivity index (χ1v) is 5.68. The zero-order valence-corrected chi connectivity index (χ0v) is 10.6. The molecule has 0 radical (unpaired) electrons. The van der Waals surface area contributed by atoms with Gasteiger partial charge in [0.25, 0.3) is 6.47 Å². The van der Waals surface area contributed by atoms with Crippen molar-refractivity contribution in [1.82, 2.24) is 0 Å². The van der Waals surface area contributed by atoms with Gasteiger partial charge in [0.2, 0.25) is 0 Å². The average molecular weight is 222 g/mol. The minimum atomic E-state index is -0.250. The van der Waals surface area contributed by atoms with Gasteiger partial charge in [-0.3, -0.25) is 4.79 Å². The molecule has 0 spiro atoms. The first-order valence-electron chi connectivity index (χ1n) is 5.68. The molecule has 0 atom stereocenters. The van der Waals surface area contributed by atoms with Crippen LogP contribution in [0.15, 0.2) is 24.3 Å². The molecule has 2 heteroatoms. The van der Waals surface area contributed by atoms with E-state index in [2.05, 4.69) is 52.0 Å². The van der Waals surface area contributed by atoms with Crippen LogP contribution in [0, 0.1) is 5.92 Å². The lowest BCUT2D eigenvalue weighted by molar-refractivity contribution is -0.122. The van der Waals surface area contributed by atoms with Gasteiger partial charge in [-0.05, 0) is 29.4 Å². The Morgan fingerprint density at radius 2 is 1.56 bits per heavy atom. The van der Waals surface area contributed by atoms with Crippen LogP contribution in [-0.4, -0.2) is 11.6 Å². The first-order chi connectivity index (χ1) is 7.51. The normalized spacial score (nSPS) is 9.88. The average Bonchev–Trinajstić information content (AvgIpc) is 2.18. The molecule has 0 unspecified atom stereocenters. The Morgan fingerprint density at radius 3 is 1.88 bits per heavy atom. The first kappa shape index (κ1) is 14.7. The predicted molar refractivity (Wildman–Crippen MR) is 67.8 cm³/mol. The van der Waals surface area contributed by atoms with Crippen molar-refractivity contribution in [3.05, 3.63) is 35.4 Å². The minimum absolute atomic E-state index is 0.250. The lowest BCUT2D eigenvalue weighted by Gasteiger charge is -2.08. The minimum Gasteiger partial charge on any atom is -0.483 e. The summed E-state index contributed by atoms with van der Waals surface area (Å²) in [5.41, 5.74) is 2.90. The summed E-state index contributed by atoms with van der Waals surface area (Å²) < 4.78 is 0. The van der Waals surface area contributed by atoms with Gasteiger partial charge >= 0.3 is 0 Å². The zero-order chi connectivity index (χ0) is 12.6. The molecule has 90 valence electrons. The third-order valence-corrected chi connectivity index (χ3v) is 2.29. The van der Waals surface area contributed by atoms with Crippen LogP contribution < -0.4 is 0 Å². The van der Waals surface area contributed by atoms with Gasteiger partial charge in [-0.2, -0.15) is 0 Å². The summed E-state index contributed by atoms with van der Waals surface area (Å²) in [6.45, 7) is 8.74. The summed E-state index contributed by atoms with van der Waals surface area (Å²) in [4.78, 5) is 8.36. The van der Waals surface area contributed by atoms with Crippen LogP contribution in [0.3, 0.4) is 0 Å². The topological polar surface area (TPSA) is 37.3 Å². The highest BCUT2D eigenvalue weighted by Gasteiger charge is 2.00. The molecule has 0 aromatic heterocycles. The molecule has 0 aliphatic heterocycles. The molecule has 0 saturated heterocycles. The van der Waals surface area contributed by atoms with Gasteiger partial charge in [-0.1, -0.05) is 52.0 Å². The van der Waals surface area contributed by atoms with Crippen molar-refractivity contribution in [3.8, 4) is 0 Å². The molecule has 1 aromatic rings. The van der Waals surface area contributed by atoms with Crippen LogP contribution in [0.4, 0.5) is 0 Å². The van der Waals surface area contributed by atoms with Gasteiger partial charge < -0.3 is 5.11 Å². The second kappa shape index (κ2) is 7.91.